The minimum absolute atomic E-state index is 0.106. The van der Waals surface area contributed by atoms with Crippen LogP contribution in [0, 0.1) is 11.7 Å². The van der Waals surface area contributed by atoms with Gasteiger partial charge >= 0.3 is 0 Å². The molecule has 0 aromatic heterocycles. The van der Waals surface area contributed by atoms with E-state index in [1.54, 1.807) is 12.1 Å². The van der Waals surface area contributed by atoms with Gasteiger partial charge in [0.05, 0.1) is 0 Å². The van der Waals surface area contributed by atoms with E-state index in [-0.39, 0.29) is 5.82 Å². The van der Waals surface area contributed by atoms with Crippen LogP contribution in [-0.4, -0.2) is 31.6 Å². The van der Waals surface area contributed by atoms with Gasteiger partial charge in [0.1, 0.15) is 5.82 Å². The molecular weight excluding hydrogens is 215 g/mol. The Kier molecular flexibility index (Phi) is 2.79. The molecule has 0 amide bonds. The number of fused-ring (bicyclic) bond motifs is 1. The largest absolute Gasteiger partial charge is 0.384 e. The van der Waals surface area contributed by atoms with Crippen molar-refractivity contribution in [2.24, 2.45) is 5.92 Å². The molecule has 92 valence electrons. The van der Waals surface area contributed by atoms with Crippen molar-refractivity contribution in [2.45, 2.75) is 18.8 Å². The Bertz CT molecular complexity index is 411. The highest BCUT2D eigenvalue weighted by Crippen LogP contribution is 2.40. The van der Waals surface area contributed by atoms with Crippen molar-refractivity contribution in [3.63, 3.8) is 0 Å². The minimum Gasteiger partial charge on any atom is -0.384 e. The molecule has 1 aromatic carbocycles. The van der Waals surface area contributed by atoms with E-state index < -0.39 is 0 Å². The van der Waals surface area contributed by atoms with Crippen LogP contribution in [0.4, 0.5) is 10.1 Å². The molecule has 17 heavy (non-hydrogen) atoms. The van der Waals surface area contributed by atoms with Crippen LogP contribution in [-0.2, 0) is 0 Å². The van der Waals surface area contributed by atoms with Crippen LogP contribution in [0.1, 0.15) is 24.3 Å². The van der Waals surface area contributed by atoms with Crippen LogP contribution in [0.5, 0.6) is 0 Å². The lowest BCUT2D eigenvalue weighted by molar-refractivity contribution is 0.202. The highest BCUT2D eigenvalue weighted by Gasteiger charge is 2.31. The smallest absolute Gasteiger partial charge is 0.123 e. The molecule has 0 aliphatic carbocycles. The van der Waals surface area contributed by atoms with Crippen molar-refractivity contribution in [1.82, 2.24) is 4.90 Å². The molecular formula is C14H19FN2. The quantitative estimate of drug-likeness (QED) is 0.803. The van der Waals surface area contributed by atoms with Crippen molar-refractivity contribution in [2.75, 3.05) is 32.0 Å². The Morgan fingerprint density at radius 1 is 1.29 bits per heavy atom. The van der Waals surface area contributed by atoms with Crippen LogP contribution in [0.2, 0.25) is 0 Å². The van der Waals surface area contributed by atoms with Crippen molar-refractivity contribution < 1.29 is 4.39 Å². The summed E-state index contributed by atoms with van der Waals surface area (Å²) in [6, 6.07) is 5.14. The summed E-state index contributed by atoms with van der Waals surface area (Å²) in [5, 5.41) is 3.41. The van der Waals surface area contributed by atoms with E-state index in [0.717, 1.165) is 12.2 Å². The number of piperidine rings is 1. The molecule has 1 saturated heterocycles. The number of nitrogens with zero attached hydrogens (tertiary/aromatic N) is 1. The summed E-state index contributed by atoms with van der Waals surface area (Å²) in [4.78, 5) is 2.38. The third-order valence-corrected chi connectivity index (χ3v) is 4.26. The van der Waals surface area contributed by atoms with Crippen LogP contribution < -0.4 is 5.32 Å². The molecule has 1 atom stereocenters. The van der Waals surface area contributed by atoms with Gasteiger partial charge in [-0.2, -0.15) is 0 Å². The Balaban J connectivity index is 1.81. The molecule has 0 bridgehead atoms. The summed E-state index contributed by atoms with van der Waals surface area (Å²) in [6.07, 6.45) is 2.47. The van der Waals surface area contributed by atoms with Gasteiger partial charge in [0.2, 0.25) is 0 Å². The number of nitrogens with one attached hydrogen (secondary N) is 1. The first-order valence-corrected chi connectivity index (χ1v) is 6.46. The van der Waals surface area contributed by atoms with E-state index in [9.17, 15) is 4.39 Å². The molecule has 0 spiro atoms. The van der Waals surface area contributed by atoms with E-state index in [0.29, 0.717) is 11.8 Å². The van der Waals surface area contributed by atoms with E-state index in [1.165, 1.54) is 31.5 Å². The van der Waals surface area contributed by atoms with Crippen molar-refractivity contribution in [1.29, 1.82) is 0 Å². The number of hydrogen-bond donors (Lipinski definition) is 1. The van der Waals surface area contributed by atoms with Crippen molar-refractivity contribution >= 4 is 5.69 Å². The van der Waals surface area contributed by atoms with E-state index in [2.05, 4.69) is 17.3 Å². The maximum atomic E-state index is 13.3. The fraction of sp³-hybridized carbons (Fsp3) is 0.571. The molecule has 2 heterocycles. The number of rotatable bonds is 1. The van der Waals surface area contributed by atoms with Gasteiger partial charge < -0.3 is 10.2 Å². The number of hydrogen-bond acceptors (Lipinski definition) is 2. The topological polar surface area (TPSA) is 15.3 Å². The van der Waals surface area contributed by atoms with Crippen LogP contribution in [0.15, 0.2) is 18.2 Å². The second-order valence-electron chi connectivity index (χ2n) is 5.36. The van der Waals surface area contributed by atoms with Gasteiger partial charge in [0, 0.05) is 18.2 Å². The summed E-state index contributed by atoms with van der Waals surface area (Å²) < 4.78 is 13.3. The van der Waals surface area contributed by atoms with Gasteiger partial charge in [-0.3, -0.25) is 0 Å². The highest BCUT2D eigenvalue weighted by molar-refractivity contribution is 5.58. The van der Waals surface area contributed by atoms with Crippen LogP contribution in [0.3, 0.4) is 0 Å². The molecule has 0 saturated carbocycles. The Labute approximate surface area is 102 Å². The van der Waals surface area contributed by atoms with Gasteiger partial charge in [-0.1, -0.05) is 0 Å². The third kappa shape index (κ3) is 2.04. The van der Waals surface area contributed by atoms with E-state index in [4.69, 9.17) is 0 Å². The van der Waals surface area contributed by atoms with Gasteiger partial charge in [-0.25, -0.2) is 4.39 Å². The molecule has 2 nitrogen and oxygen atoms in total. The van der Waals surface area contributed by atoms with E-state index >= 15 is 0 Å². The highest BCUT2D eigenvalue weighted by atomic mass is 19.1. The van der Waals surface area contributed by atoms with Crippen molar-refractivity contribution in [3.05, 3.63) is 29.6 Å². The Morgan fingerprint density at radius 3 is 2.82 bits per heavy atom. The average molecular weight is 234 g/mol. The van der Waals surface area contributed by atoms with Gasteiger partial charge in [-0.05, 0) is 62.7 Å². The molecule has 3 heteroatoms. The molecule has 1 unspecified atom stereocenters. The van der Waals surface area contributed by atoms with E-state index in [1.807, 2.05) is 6.07 Å². The molecule has 3 rings (SSSR count). The van der Waals surface area contributed by atoms with Crippen LogP contribution >= 0.6 is 0 Å². The number of benzene rings is 1. The summed E-state index contributed by atoms with van der Waals surface area (Å²) in [7, 11) is 2.18. The molecule has 1 N–H and O–H groups in total. The first kappa shape index (κ1) is 11.0. The zero-order valence-corrected chi connectivity index (χ0v) is 10.2. The lowest BCUT2D eigenvalue weighted by atomic mass is 9.81. The first-order chi connectivity index (χ1) is 8.24. The molecule has 0 radical (unpaired) electrons. The first-order valence-electron chi connectivity index (χ1n) is 6.46. The monoisotopic (exact) mass is 234 g/mol. The zero-order chi connectivity index (χ0) is 11.8. The lowest BCUT2D eigenvalue weighted by Crippen LogP contribution is -2.33. The SMILES string of the molecule is CN1CCC(C2CNc3ccc(F)cc32)CC1. The van der Waals surface area contributed by atoms with Gasteiger partial charge in [0.15, 0.2) is 0 Å². The summed E-state index contributed by atoms with van der Waals surface area (Å²) in [5.74, 6) is 1.11. The number of anilines is 1. The summed E-state index contributed by atoms with van der Waals surface area (Å²) >= 11 is 0. The average Bonchev–Trinajstić information content (AvgIpc) is 2.73. The fourth-order valence-electron chi connectivity index (χ4n) is 3.18. The van der Waals surface area contributed by atoms with Gasteiger partial charge in [0.25, 0.3) is 0 Å². The van der Waals surface area contributed by atoms with Gasteiger partial charge in [-0.15, -0.1) is 0 Å². The van der Waals surface area contributed by atoms with Crippen molar-refractivity contribution in [3.8, 4) is 0 Å². The standard InChI is InChI=1S/C14H19FN2/c1-17-6-4-10(5-7-17)13-9-16-14-3-2-11(15)8-12(13)14/h2-3,8,10,13,16H,4-7,9H2,1H3. The minimum atomic E-state index is -0.106. The number of halogens is 1. The Hall–Kier alpha value is -1.09. The Morgan fingerprint density at radius 2 is 2.06 bits per heavy atom. The molecule has 1 fully saturated rings. The second kappa shape index (κ2) is 4.30. The second-order valence-corrected chi connectivity index (χ2v) is 5.36. The zero-order valence-electron chi connectivity index (χ0n) is 10.2. The maximum absolute atomic E-state index is 13.3. The normalized spacial score (nSPS) is 25.6. The number of likely N-dealkylation sites (tertiary alicyclic amines) is 1. The summed E-state index contributed by atoms with van der Waals surface area (Å²) in [5.41, 5.74) is 2.33. The molecule has 2 aliphatic heterocycles. The third-order valence-electron chi connectivity index (χ3n) is 4.26. The predicted octanol–water partition coefficient (Wildman–Crippen LogP) is 2.68. The predicted molar refractivity (Wildman–Crippen MR) is 67.9 cm³/mol. The molecule has 2 aliphatic rings. The lowest BCUT2D eigenvalue weighted by Gasteiger charge is -2.32. The summed E-state index contributed by atoms with van der Waals surface area (Å²) in [6.45, 7) is 3.32. The fourth-order valence-corrected chi connectivity index (χ4v) is 3.18. The maximum Gasteiger partial charge on any atom is 0.123 e. The molecule has 1 aromatic rings. The van der Waals surface area contributed by atoms with Crippen LogP contribution in [0.25, 0.3) is 0 Å².